The molecule has 4 aromatic heterocycles. The number of nitrogens with zero attached hydrogens (tertiary/aromatic N) is 5. The molecule has 2 amide bonds. The van der Waals surface area contributed by atoms with Crippen molar-refractivity contribution in [3.63, 3.8) is 0 Å². The van der Waals surface area contributed by atoms with Crippen LogP contribution in [0.1, 0.15) is 105 Å². The molecule has 2 fully saturated rings. The molecular weight excluding hydrogens is 957 g/mol. The largest absolute Gasteiger partial charge is 1.00 e. The molecule has 2 aliphatic rings. The van der Waals surface area contributed by atoms with Crippen LogP contribution in [0.3, 0.4) is 0 Å². The van der Waals surface area contributed by atoms with E-state index in [0.29, 0.717) is 17.7 Å². The predicted octanol–water partition coefficient (Wildman–Crippen LogP) is -0.373. The summed E-state index contributed by atoms with van der Waals surface area (Å²) in [5, 5.41) is 22.7. The van der Waals surface area contributed by atoms with E-state index in [1.807, 2.05) is 0 Å². The number of esters is 3. The monoisotopic (exact) mass is 1020 g/mol. The van der Waals surface area contributed by atoms with Gasteiger partial charge in [0, 0.05) is 32.5 Å². The molecule has 0 aromatic carbocycles. The molecule has 1 spiro atoms. The molecule has 2 aliphatic carbocycles. The topological polar surface area (TPSA) is 313 Å². The number of halogens is 3. The molecule has 0 saturated heterocycles. The van der Waals surface area contributed by atoms with Crippen LogP contribution in [-0.2, 0) is 42.6 Å². The van der Waals surface area contributed by atoms with Crippen molar-refractivity contribution in [3.05, 3.63) is 75.8 Å². The normalized spacial score (nSPS) is 15.8. The average Bonchev–Trinajstić information content (AvgIpc) is 3.95. The van der Waals surface area contributed by atoms with Crippen LogP contribution in [0.4, 0.5) is 13.2 Å². The van der Waals surface area contributed by atoms with Crippen molar-refractivity contribution in [3.8, 4) is 11.6 Å². The van der Waals surface area contributed by atoms with Gasteiger partial charge in [-0.2, -0.15) is 18.3 Å². The summed E-state index contributed by atoms with van der Waals surface area (Å²) in [5.74, 6) is 2.18. The summed E-state index contributed by atoms with van der Waals surface area (Å²) >= 11 is 0. The molecule has 27 heteroatoms. The van der Waals surface area contributed by atoms with E-state index < -0.39 is 48.6 Å². The maximum absolute atomic E-state index is 12.8. The first kappa shape index (κ1) is 65.1. The van der Waals surface area contributed by atoms with Crippen LogP contribution in [0.5, 0.6) is 11.6 Å². The fourth-order valence-electron chi connectivity index (χ4n) is 6.69. The van der Waals surface area contributed by atoms with Crippen molar-refractivity contribution in [2.45, 2.75) is 92.5 Å². The number of pyridine rings is 1. The van der Waals surface area contributed by atoms with Crippen LogP contribution in [0, 0.1) is 5.41 Å². The maximum Gasteiger partial charge on any atom is 1.00 e. The fourth-order valence-corrected chi connectivity index (χ4v) is 6.69. The second kappa shape index (κ2) is 32.1. The quantitative estimate of drug-likeness (QED) is 0.0110. The molecular formula is C44H66F3N10NaO13. The van der Waals surface area contributed by atoms with Crippen LogP contribution in [0.2, 0.25) is 0 Å². The van der Waals surface area contributed by atoms with Gasteiger partial charge in [-0.25, -0.2) is 18.9 Å². The molecule has 0 unspecified atom stereocenters. The van der Waals surface area contributed by atoms with Gasteiger partial charge in [-0.1, -0.05) is 14.4 Å². The number of H-pyrrole nitrogens is 1. The first-order chi connectivity index (χ1) is 32.6. The van der Waals surface area contributed by atoms with Gasteiger partial charge < -0.3 is 44.6 Å². The van der Waals surface area contributed by atoms with Crippen LogP contribution >= 0.6 is 0 Å². The van der Waals surface area contributed by atoms with Crippen molar-refractivity contribution in [2.24, 2.45) is 31.1 Å². The number of fused-ring (bicyclic) bond motifs is 1. The number of aryl methyl sites for hydroxylation is 2. The zero-order valence-corrected chi connectivity index (χ0v) is 42.8. The molecule has 0 radical (unpaired) electrons. The van der Waals surface area contributed by atoms with Crippen molar-refractivity contribution in [1.29, 1.82) is 0 Å². The molecule has 6 rings (SSSR count). The molecule has 2 saturated carbocycles. The zero-order chi connectivity index (χ0) is 51.9. The molecule has 4 heterocycles. The van der Waals surface area contributed by atoms with E-state index in [1.54, 1.807) is 61.8 Å². The van der Waals surface area contributed by atoms with E-state index >= 15 is 0 Å². The number of hydrogen-bond acceptors (Lipinski definition) is 17. The van der Waals surface area contributed by atoms with Gasteiger partial charge in [0.15, 0.2) is 5.57 Å². The minimum absolute atomic E-state index is 0. The minimum Gasteiger partial charge on any atom is -0.855 e. The number of ether oxygens (including phenoxy) is 6. The van der Waals surface area contributed by atoms with Gasteiger partial charge in [0.05, 0.1) is 62.9 Å². The van der Waals surface area contributed by atoms with Crippen molar-refractivity contribution < 1.29 is 100 Å². The summed E-state index contributed by atoms with van der Waals surface area (Å²) in [5.41, 5.74) is 8.29. The SMILES string of the molecule is C.CCOC(=O)c1cn(C)[nH]c1=O.CCOC=C(C(=O)OCC)C(=O)OCC.CC[O-].CNN.Cn1cc(C(N)=O)c(OC2CC3(CC(NC(=O)c4cnn5cc(OCCC(F)(F)F)ccc45)C3)C2)n1.[Na+]. The van der Waals surface area contributed by atoms with Crippen LogP contribution in [0.25, 0.3) is 5.52 Å². The molecule has 392 valence electrons. The smallest absolute Gasteiger partial charge is 0.855 e. The number of nitrogens with two attached hydrogens (primary N) is 2. The number of hydrogen-bond donors (Lipinski definition) is 5. The number of hydrazine groups is 1. The minimum atomic E-state index is -4.29. The van der Waals surface area contributed by atoms with Gasteiger partial charge in [-0.3, -0.25) is 40.1 Å². The number of amides is 2. The van der Waals surface area contributed by atoms with Gasteiger partial charge in [0.1, 0.15) is 29.2 Å². The van der Waals surface area contributed by atoms with E-state index in [9.17, 15) is 41.9 Å². The van der Waals surface area contributed by atoms with E-state index in [1.165, 1.54) is 44.7 Å². The Labute approximate surface area is 431 Å². The van der Waals surface area contributed by atoms with Gasteiger partial charge in [0.25, 0.3) is 17.4 Å². The van der Waals surface area contributed by atoms with E-state index in [0.717, 1.165) is 31.9 Å². The summed E-state index contributed by atoms with van der Waals surface area (Å²) in [6.07, 6.45) is 4.73. The standard InChI is InChI=1S/C23H25F3N6O4.C10H16O5.C7H10N2O3.C2H5O.CH6N2.CH4.Na/c1-31-12-17(19(27)33)21(30-31)36-15-8-22(9-15)6-13(7-22)29-20(34)16-10-28-32-11-14(2-3-18(16)32)35-5-4-23(24,25)26;1-4-13-7-8(9(11)14-5-2)10(12)15-6-3;1-3-12-7(11)5-4-9(2)8-6(5)10;1-2-3;1-3-2;;/h2-3,10-13,15H,4-9H2,1H3,(H2,27,33)(H,29,34);7H,4-6H2,1-3H3;4H,3H2,1-2H3,(H,8,10);2H2,1H3;3H,2H2,1H3;1H4;/q;;;-1;;;+1. The Morgan fingerprint density at radius 2 is 1.49 bits per heavy atom. The summed E-state index contributed by atoms with van der Waals surface area (Å²) < 4.78 is 71.1. The van der Waals surface area contributed by atoms with Crippen molar-refractivity contribution in [2.75, 3.05) is 46.7 Å². The number of alkyl halides is 3. The number of carbonyl (C=O) groups is 5. The van der Waals surface area contributed by atoms with Crippen LogP contribution in [-0.4, -0.2) is 124 Å². The molecule has 0 aliphatic heterocycles. The second-order valence-electron chi connectivity index (χ2n) is 14.9. The summed E-state index contributed by atoms with van der Waals surface area (Å²) in [7, 11) is 4.97. The molecule has 0 atom stereocenters. The third-order valence-electron chi connectivity index (χ3n) is 9.44. The molecule has 0 bridgehead atoms. The summed E-state index contributed by atoms with van der Waals surface area (Å²) in [4.78, 5) is 68.9. The third-order valence-corrected chi connectivity index (χ3v) is 9.44. The van der Waals surface area contributed by atoms with E-state index in [-0.39, 0.29) is 115 Å². The number of nitrogens with one attached hydrogen (secondary N) is 3. The average molecular weight is 1020 g/mol. The Morgan fingerprint density at radius 1 is 0.915 bits per heavy atom. The Hall–Kier alpha value is -5.93. The Kier molecular flexibility index (Phi) is 29.4. The number of carbonyl (C=O) groups excluding carboxylic acids is 5. The number of rotatable bonds is 16. The summed E-state index contributed by atoms with van der Waals surface area (Å²) in [6.45, 7) is 8.84. The first-order valence-corrected chi connectivity index (χ1v) is 21.7. The van der Waals surface area contributed by atoms with Crippen LogP contribution in [0.15, 0.2) is 53.5 Å². The number of aromatic nitrogens is 6. The molecule has 71 heavy (non-hydrogen) atoms. The Balaban J connectivity index is 0.00000116. The van der Waals surface area contributed by atoms with Gasteiger partial charge >= 0.3 is 53.6 Å². The van der Waals surface area contributed by atoms with E-state index in [2.05, 4.69) is 46.1 Å². The molecule has 23 nitrogen and oxygen atoms in total. The number of primary amides is 1. The Morgan fingerprint density at radius 3 is 1.99 bits per heavy atom. The summed E-state index contributed by atoms with van der Waals surface area (Å²) in [6, 6.07) is 3.13. The van der Waals surface area contributed by atoms with E-state index in [4.69, 9.17) is 25.1 Å². The van der Waals surface area contributed by atoms with Gasteiger partial charge in [-0.15, -0.1) is 11.7 Å². The second-order valence-corrected chi connectivity index (χ2v) is 14.9. The molecule has 4 aromatic rings. The van der Waals surface area contributed by atoms with Crippen LogP contribution < -0.4 is 72.0 Å². The first-order valence-electron chi connectivity index (χ1n) is 21.7. The van der Waals surface area contributed by atoms with Gasteiger partial charge in [-0.05, 0) is 78.0 Å². The van der Waals surface area contributed by atoms with Gasteiger partial charge in [0.2, 0.25) is 5.88 Å². The number of aromatic amines is 1. The maximum atomic E-state index is 12.8. The molecule has 7 N–H and O–H groups in total. The van der Waals surface area contributed by atoms with Crippen molar-refractivity contribution in [1.82, 2.24) is 39.9 Å². The Bertz CT molecular complexity index is 2350. The van der Waals surface area contributed by atoms with Crippen molar-refractivity contribution >= 4 is 35.2 Å². The predicted molar refractivity (Wildman–Crippen MR) is 245 cm³/mol. The third kappa shape index (κ3) is 21.1. The zero-order valence-electron chi connectivity index (χ0n) is 40.8. The fraction of sp³-hybridized carbons (Fsp3) is 0.545.